The highest BCUT2D eigenvalue weighted by atomic mass is 127. The first-order valence-corrected chi connectivity index (χ1v) is 11.1. The average molecular weight is 521 g/mol. The molecule has 0 atom stereocenters. The number of nitrogens with zero attached hydrogens (tertiary/aromatic N) is 4. The predicted octanol–water partition coefficient (Wildman–Crippen LogP) is 2.06. The minimum absolute atomic E-state index is 0. The summed E-state index contributed by atoms with van der Waals surface area (Å²) in [6.07, 6.45) is 2.27. The van der Waals surface area contributed by atoms with E-state index in [1.807, 2.05) is 16.5 Å². The Labute approximate surface area is 181 Å². The van der Waals surface area contributed by atoms with E-state index in [2.05, 4.69) is 14.9 Å². The second kappa shape index (κ2) is 10.2. The minimum atomic E-state index is -3.25. The van der Waals surface area contributed by atoms with Crippen LogP contribution in [0.15, 0.2) is 51.8 Å². The monoisotopic (exact) mass is 521 g/mol. The van der Waals surface area contributed by atoms with Crippen molar-refractivity contribution in [3.63, 3.8) is 0 Å². The lowest BCUT2D eigenvalue weighted by atomic mass is 10.3. The fourth-order valence-electron chi connectivity index (χ4n) is 2.79. The van der Waals surface area contributed by atoms with E-state index in [4.69, 9.17) is 5.73 Å². The van der Waals surface area contributed by atoms with Gasteiger partial charge in [0.15, 0.2) is 20.9 Å². The largest absolute Gasteiger partial charge is 0.370 e. The highest BCUT2D eigenvalue weighted by Gasteiger charge is 2.20. The van der Waals surface area contributed by atoms with E-state index in [-0.39, 0.29) is 29.7 Å². The van der Waals surface area contributed by atoms with Gasteiger partial charge in [0, 0.05) is 44.3 Å². The number of nitrogens with two attached hydrogens (primary N) is 1. The molecule has 0 saturated carbocycles. The van der Waals surface area contributed by atoms with E-state index >= 15 is 0 Å². The van der Waals surface area contributed by atoms with Crippen molar-refractivity contribution in [3.05, 3.63) is 41.9 Å². The number of benzene rings is 1. The topological polar surface area (TPSA) is 91.9 Å². The Hall–Kier alpha value is -1.40. The maximum absolute atomic E-state index is 12.2. The van der Waals surface area contributed by atoms with Crippen LogP contribution in [-0.4, -0.2) is 62.7 Å². The number of aromatic nitrogens is 1. The van der Waals surface area contributed by atoms with Crippen LogP contribution < -0.4 is 10.6 Å². The SMILES string of the molecule is I.NC(=NCCCS(=O)(=O)c1ccccc1)N1CCN(c2nccs2)CC1. The summed E-state index contributed by atoms with van der Waals surface area (Å²) in [6, 6.07) is 8.50. The van der Waals surface area contributed by atoms with Gasteiger partial charge in [-0.05, 0) is 18.6 Å². The second-order valence-corrected chi connectivity index (χ2v) is 9.00. The summed E-state index contributed by atoms with van der Waals surface area (Å²) in [5.41, 5.74) is 6.07. The molecule has 1 aromatic heterocycles. The van der Waals surface area contributed by atoms with E-state index in [1.54, 1.807) is 41.7 Å². The number of sulfone groups is 1. The maximum Gasteiger partial charge on any atom is 0.191 e. The molecule has 0 aliphatic carbocycles. The van der Waals surface area contributed by atoms with E-state index < -0.39 is 9.84 Å². The number of guanidine groups is 1. The number of thiazole rings is 1. The third-order valence-corrected chi connectivity index (χ3v) is 6.89. The first-order chi connectivity index (χ1) is 12.6. The van der Waals surface area contributed by atoms with Crippen LogP contribution in [0.25, 0.3) is 0 Å². The molecule has 2 aromatic rings. The van der Waals surface area contributed by atoms with Crippen molar-refractivity contribution in [2.75, 3.05) is 43.4 Å². The van der Waals surface area contributed by atoms with Crippen LogP contribution in [-0.2, 0) is 9.84 Å². The van der Waals surface area contributed by atoms with Crippen molar-refractivity contribution in [1.29, 1.82) is 0 Å². The fraction of sp³-hybridized carbons (Fsp3) is 0.412. The minimum Gasteiger partial charge on any atom is -0.370 e. The van der Waals surface area contributed by atoms with Gasteiger partial charge in [-0.1, -0.05) is 18.2 Å². The Balaban J connectivity index is 0.00000261. The molecule has 1 fully saturated rings. The van der Waals surface area contributed by atoms with E-state index in [0.29, 0.717) is 23.8 Å². The number of rotatable bonds is 6. The molecular weight excluding hydrogens is 497 g/mol. The number of hydrogen-bond donors (Lipinski definition) is 1. The highest BCUT2D eigenvalue weighted by molar-refractivity contribution is 14.0. The Bertz CT molecular complexity index is 820. The van der Waals surface area contributed by atoms with Crippen LogP contribution in [0.4, 0.5) is 5.13 Å². The predicted molar refractivity (Wildman–Crippen MR) is 121 cm³/mol. The van der Waals surface area contributed by atoms with Crippen molar-refractivity contribution >= 4 is 56.2 Å². The molecule has 1 saturated heterocycles. The molecule has 0 unspecified atom stereocenters. The molecular formula is C17H24IN5O2S2. The van der Waals surface area contributed by atoms with Gasteiger partial charge in [-0.15, -0.1) is 35.3 Å². The van der Waals surface area contributed by atoms with Crippen LogP contribution in [0.5, 0.6) is 0 Å². The summed E-state index contributed by atoms with van der Waals surface area (Å²) < 4.78 is 24.5. The summed E-state index contributed by atoms with van der Waals surface area (Å²) >= 11 is 1.63. The molecule has 7 nitrogen and oxygen atoms in total. The van der Waals surface area contributed by atoms with Gasteiger partial charge in [0.25, 0.3) is 0 Å². The van der Waals surface area contributed by atoms with Crippen LogP contribution >= 0.6 is 35.3 Å². The number of hydrogen-bond acceptors (Lipinski definition) is 6. The molecule has 0 amide bonds. The zero-order valence-electron chi connectivity index (χ0n) is 14.9. The zero-order chi connectivity index (χ0) is 18.4. The fourth-order valence-corrected chi connectivity index (χ4v) is 4.81. The number of piperazine rings is 1. The Morgan fingerprint density at radius 1 is 1.19 bits per heavy atom. The maximum atomic E-state index is 12.2. The molecule has 148 valence electrons. The van der Waals surface area contributed by atoms with Crippen LogP contribution in [0.2, 0.25) is 0 Å². The lowest BCUT2D eigenvalue weighted by Gasteiger charge is -2.35. The lowest BCUT2D eigenvalue weighted by molar-refractivity contribution is 0.380. The first-order valence-electron chi connectivity index (χ1n) is 8.53. The third kappa shape index (κ3) is 6.04. The smallest absolute Gasteiger partial charge is 0.191 e. The molecule has 3 rings (SSSR count). The lowest BCUT2D eigenvalue weighted by Crippen LogP contribution is -2.51. The molecule has 10 heteroatoms. The molecule has 0 spiro atoms. The molecule has 27 heavy (non-hydrogen) atoms. The quantitative estimate of drug-likeness (QED) is 0.271. The van der Waals surface area contributed by atoms with Gasteiger partial charge in [-0.2, -0.15) is 0 Å². The molecule has 0 radical (unpaired) electrons. The van der Waals surface area contributed by atoms with Gasteiger partial charge in [0.2, 0.25) is 0 Å². The number of anilines is 1. The molecule has 2 N–H and O–H groups in total. The molecule has 0 bridgehead atoms. The van der Waals surface area contributed by atoms with Crippen molar-refractivity contribution < 1.29 is 8.42 Å². The summed E-state index contributed by atoms with van der Waals surface area (Å²) in [4.78, 5) is 13.3. The third-order valence-electron chi connectivity index (χ3n) is 4.24. The number of halogens is 1. The van der Waals surface area contributed by atoms with Crippen LogP contribution in [0.3, 0.4) is 0 Å². The van der Waals surface area contributed by atoms with Gasteiger partial charge >= 0.3 is 0 Å². The van der Waals surface area contributed by atoms with Crippen LogP contribution in [0, 0.1) is 0 Å². The van der Waals surface area contributed by atoms with E-state index in [0.717, 1.165) is 31.3 Å². The summed E-state index contributed by atoms with van der Waals surface area (Å²) in [5.74, 6) is 0.562. The first kappa shape index (κ1) is 21.9. The Kier molecular flexibility index (Phi) is 8.29. The standard InChI is InChI=1S/C17H23N5O2S2.HI/c18-16(21-9-11-22(12-10-21)17-20-8-13-25-17)19-7-4-14-26(23,24)15-5-2-1-3-6-15;/h1-3,5-6,8,13H,4,7,9-12,14H2,(H2,18,19);1H. The average Bonchev–Trinajstić information content (AvgIpc) is 3.21. The van der Waals surface area contributed by atoms with Gasteiger partial charge in [-0.3, -0.25) is 4.99 Å². The van der Waals surface area contributed by atoms with Crippen molar-refractivity contribution in [2.24, 2.45) is 10.7 Å². The molecule has 1 aliphatic rings. The molecule has 1 aromatic carbocycles. The van der Waals surface area contributed by atoms with E-state index in [1.165, 1.54) is 0 Å². The zero-order valence-corrected chi connectivity index (χ0v) is 18.9. The summed E-state index contributed by atoms with van der Waals surface area (Å²) in [6.45, 7) is 3.69. The summed E-state index contributed by atoms with van der Waals surface area (Å²) in [7, 11) is -3.25. The van der Waals surface area contributed by atoms with Crippen molar-refractivity contribution in [1.82, 2.24) is 9.88 Å². The Morgan fingerprint density at radius 2 is 1.89 bits per heavy atom. The van der Waals surface area contributed by atoms with Crippen molar-refractivity contribution in [3.8, 4) is 0 Å². The van der Waals surface area contributed by atoms with Gasteiger partial charge in [0.05, 0.1) is 10.6 Å². The Morgan fingerprint density at radius 3 is 2.52 bits per heavy atom. The van der Waals surface area contributed by atoms with Crippen LogP contribution in [0.1, 0.15) is 6.42 Å². The van der Waals surface area contributed by atoms with Gasteiger partial charge < -0.3 is 15.5 Å². The summed E-state index contributed by atoms with van der Waals surface area (Å²) in [5, 5.41) is 3.01. The normalized spacial score (nSPS) is 15.5. The van der Waals surface area contributed by atoms with Gasteiger partial charge in [0.1, 0.15) is 0 Å². The van der Waals surface area contributed by atoms with Crippen molar-refractivity contribution in [2.45, 2.75) is 11.3 Å². The molecule has 1 aliphatic heterocycles. The van der Waals surface area contributed by atoms with E-state index in [9.17, 15) is 8.42 Å². The molecule has 2 heterocycles. The second-order valence-electron chi connectivity index (χ2n) is 6.01. The van der Waals surface area contributed by atoms with Gasteiger partial charge in [-0.25, -0.2) is 13.4 Å². The highest BCUT2D eigenvalue weighted by Crippen LogP contribution is 2.18. The number of aliphatic imine (C=N–C) groups is 1.